The van der Waals surface area contributed by atoms with E-state index in [0.29, 0.717) is 17.4 Å². The van der Waals surface area contributed by atoms with Gasteiger partial charge in [0.05, 0.1) is 39.9 Å². The van der Waals surface area contributed by atoms with Gasteiger partial charge in [-0.2, -0.15) is 0 Å². The van der Waals surface area contributed by atoms with E-state index in [1.165, 1.54) is 257 Å². The van der Waals surface area contributed by atoms with E-state index in [-0.39, 0.29) is 19.1 Å². The quantitative estimate of drug-likeness (QED) is 0.0243. The number of hydrogen-bond donors (Lipinski definition) is 3. The third kappa shape index (κ3) is 56.5. The van der Waals surface area contributed by atoms with Crippen molar-refractivity contribution in [3.05, 3.63) is 24.3 Å². The van der Waals surface area contributed by atoms with Crippen LogP contribution in [0.1, 0.15) is 316 Å². The lowest BCUT2D eigenvalue weighted by Gasteiger charge is -2.25. The van der Waals surface area contributed by atoms with E-state index in [0.717, 1.165) is 38.5 Å². The number of quaternary nitrogens is 1. The van der Waals surface area contributed by atoms with E-state index in [9.17, 15) is 19.4 Å². The Balaban J connectivity index is 4.01. The van der Waals surface area contributed by atoms with E-state index in [2.05, 4.69) is 31.3 Å². The summed E-state index contributed by atoms with van der Waals surface area (Å²) in [5.41, 5.74) is 0. The highest BCUT2D eigenvalue weighted by molar-refractivity contribution is 7.47. The lowest BCUT2D eigenvalue weighted by atomic mass is 10.0. The van der Waals surface area contributed by atoms with Gasteiger partial charge in [-0.25, -0.2) is 4.57 Å². The lowest BCUT2D eigenvalue weighted by Crippen LogP contribution is -2.45. The number of hydrogen-bond acceptors (Lipinski definition) is 5. The highest BCUT2D eigenvalue weighted by Crippen LogP contribution is 2.43. The molecule has 71 heavy (non-hydrogen) atoms. The monoisotopic (exact) mass is 1020 g/mol. The number of carbonyl (C=O) groups is 1. The SMILES string of the molecule is CCCCCCCCCCCCCC/C=C\CCCCCCCCCCCCCCCCCCCC(=O)NC(COP(=O)(O)OCC[N+](C)(C)C)C(O)/C=C/CCCCCCCCCCCCCCCC. The number of nitrogens with one attached hydrogen (secondary N) is 1. The van der Waals surface area contributed by atoms with Crippen LogP contribution < -0.4 is 5.32 Å². The number of carbonyl (C=O) groups excluding carboxylic acids is 1. The van der Waals surface area contributed by atoms with Crippen molar-refractivity contribution >= 4 is 13.7 Å². The average molecular weight is 1020 g/mol. The van der Waals surface area contributed by atoms with Gasteiger partial charge in [-0.05, 0) is 44.9 Å². The smallest absolute Gasteiger partial charge is 0.387 e. The van der Waals surface area contributed by atoms with Crippen molar-refractivity contribution in [2.24, 2.45) is 0 Å². The molecule has 0 aliphatic rings. The molecule has 3 atom stereocenters. The van der Waals surface area contributed by atoms with Crippen molar-refractivity contribution < 1.29 is 32.9 Å². The van der Waals surface area contributed by atoms with Crippen LogP contribution in [0.15, 0.2) is 24.3 Å². The van der Waals surface area contributed by atoms with Crippen molar-refractivity contribution in [2.45, 2.75) is 328 Å². The second-order valence-electron chi connectivity index (χ2n) is 22.8. The van der Waals surface area contributed by atoms with Gasteiger partial charge in [0.25, 0.3) is 0 Å². The maximum atomic E-state index is 13.0. The predicted octanol–water partition coefficient (Wildman–Crippen LogP) is 19.2. The predicted molar refractivity (Wildman–Crippen MR) is 309 cm³/mol. The van der Waals surface area contributed by atoms with Crippen molar-refractivity contribution in [1.82, 2.24) is 5.32 Å². The normalized spacial score (nSPS) is 14.0. The maximum Gasteiger partial charge on any atom is 0.472 e. The largest absolute Gasteiger partial charge is 0.472 e. The molecule has 3 unspecified atom stereocenters. The first kappa shape index (κ1) is 70.0. The molecule has 0 aromatic carbocycles. The zero-order chi connectivity index (χ0) is 52.0. The average Bonchev–Trinajstić information content (AvgIpc) is 3.33. The van der Waals surface area contributed by atoms with E-state index in [4.69, 9.17) is 9.05 Å². The standard InChI is InChI=1S/C62H123N2O6P/c1-6-8-10-12-14-16-18-20-22-24-25-26-27-28-29-30-31-32-33-34-35-36-37-38-39-40-42-44-46-48-50-52-54-56-62(66)63-60(59-70-71(67,68)69-58-57-64(3,4)5)61(65)55-53-51-49-47-45-43-41-23-21-19-17-15-13-11-9-7-2/h28-29,53,55,60-61,65H,6-27,30-52,54,56-59H2,1-5H3,(H-,63,66,67,68)/p+1/b29-28-,55-53+. The van der Waals surface area contributed by atoms with Gasteiger partial charge >= 0.3 is 7.82 Å². The van der Waals surface area contributed by atoms with Gasteiger partial charge in [0.1, 0.15) is 13.2 Å². The number of amides is 1. The second kappa shape index (κ2) is 53.8. The summed E-state index contributed by atoms with van der Waals surface area (Å²) in [6.07, 6.45) is 68.7. The summed E-state index contributed by atoms with van der Waals surface area (Å²) in [5.74, 6) is -0.171. The molecule has 0 saturated heterocycles. The zero-order valence-corrected chi connectivity index (χ0v) is 49.1. The van der Waals surface area contributed by atoms with Crippen LogP contribution in [0.2, 0.25) is 0 Å². The minimum Gasteiger partial charge on any atom is -0.387 e. The Morgan fingerprint density at radius 2 is 0.761 bits per heavy atom. The molecular weight excluding hydrogens is 900 g/mol. The number of allylic oxidation sites excluding steroid dienone is 3. The Morgan fingerprint density at radius 1 is 0.465 bits per heavy atom. The molecule has 0 radical (unpaired) electrons. The Kier molecular flexibility index (Phi) is 53.0. The van der Waals surface area contributed by atoms with Crippen molar-refractivity contribution in [3.63, 3.8) is 0 Å². The molecule has 0 aliphatic carbocycles. The Labute approximate surface area is 443 Å². The molecule has 3 N–H and O–H groups in total. The van der Waals surface area contributed by atoms with Crippen molar-refractivity contribution in [1.29, 1.82) is 0 Å². The van der Waals surface area contributed by atoms with E-state index in [1.807, 2.05) is 27.2 Å². The Bertz CT molecular complexity index is 1210. The van der Waals surface area contributed by atoms with Crippen LogP contribution in [-0.2, 0) is 18.4 Å². The number of unbranched alkanes of at least 4 members (excludes halogenated alkanes) is 43. The van der Waals surface area contributed by atoms with Gasteiger partial charge in [-0.3, -0.25) is 13.8 Å². The second-order valence-corrected chi connectivity index (χ2v) is 24.2. The minimum atomic E-state index is -4.34. The highest BCUT2D eigenvalue weighted by Gasteiger charge is 2.27. The minimum absolute atomic E-state index is 0.0639. The number of phosphoric ester groups is 1. The van der Waals surface area contributed by atoms with Gasteiger partial charge < -0.3 is 19.8 Å². The zero-order valence-electron chi connectivity index (χ0n) is 48.2. The lowest BCUT2D eigenvalue weighted by molar-refractivity contribution is -0.870. The Morgan fingerprint density at radius 3 is 1.08 bits per heavy atom. The number of aliphatic hydroxyl groups is 1. The molecule has 422 valence electrons. The first-order valence-corrected chi connectivity index (χ1v) is 32.7. The molecule has 0 rings (SSSR count). The van der Waals surface area contributed by atoms with E-state index >= 15 is 0 Å². The Hall–Kier alpha value is -1.02. The molecule has 0 fully saturated rings. The summed E-state index contributed by atoms with van der Waals surface area (Å²) in [7, 11) is 1.59. The molecule has 8 nitrogen and oxygen atoms in total. The molecule has 0 aliphatic heterocycles. The first-order valence-electron chi connectivity index (χ1n) is 31.2. The van der Waals surface area contributed by atoms with Crippen molar-refractivity contribution in [3.8, 4) is 0 Å². The summed E-state index contributed by atoms with van der Waals surface area (Å²) in [6, 6.07) is -0.844. The molecule has 9 heteroatoms. The van der Waals surface area contributed by atoms with Gasteiger partial charge in [0, 0.05) is 6.42 Å². The topological polar surface area (TPSA) is 105 Å². The van der Waals surface area contributed by atoms with Gasteiger partial charge in [0.2, 0.25) is 5.91 Å². The summed E-state index contributed by atoms with van der Waals surface area (Å²) in [6.45, 7) is 4.86. The fourth-order valence-corrected chi connectivity index (χ4v) is 10.2. The first-order chi connectivity index (χ1) is 34.5. The molecule has 0 saturated carbocycles. The summed E-state index contributed by atoms with van der Waals surface area (Å²) >= 11 is 0. The van der Waals surface area contributed by atoms with Gasteiger partial charge in [-0.15, -0.1) is 0 Å². The van der Waals surface area contributed by atoms with Gasteiger partial charge in [-0.1, -0.05) is 289 Å². The van der Waals surface area contributed by atoms with Gasteiger partial charge in [0.15, 0.2) is 0 Å². The fraction of sp³-hybridized carbons (Fsp3) is 0.919. The van der Waals surface area contributed by atoms with Crippen LogP contribution in [0, 0.1) is 0 Å². The number of likely N-dealkylation sites (N-methyl/N-ethyl adjacent to an activating group) is 1. The van der Waals surface area contributed by atoms with E-state index < -0.39 is 20.0 Å². The van der Waals surface area contributed by atoms with Crippen LogP contribution in [-0.4, -0.2) is 73.4 Å². The van der Waals surface area contributed by atoms with Crippen LogP contribution in [0.25, 0.3) is 0 Å². The molecule has 0 bridgehead atoms. The molecule has 0 aromatic heterocycles. The molecule has 0 aromatic rings. The third-order valence-corrected chi connectivity index (χ3v) is 15.4. The molecular formula is C62H124N2O6P+. The third-order valence-electron chi connectivity index (χ3n) is 14.4. The number of nitrogens with zero attached hydrogens (tertiary/aromatic N) is 1. The summed E-state index contributed by atoms with van der Waals surface area (Å²) in [5, 5.41) is 13.9. The van der Waals surface area contributed by atoms with Crippen LogP contribution >= 0.6 is 7.82 Å². The van der Waals surface area contributed by atoms with E-state index in [1.54, 1.807) is 6.08 Å². The number of rotatable bonds is 58. The van der Waals surface area contributed by atoms with Crippen LogP contribution in [0.5, 0.6) is 0 Å². The van der Waals surface area contributed by atoms with Crippen molar-refractivity contribution in [2.75, 3.05) is 40.9 Å². The van der Waals surface area contributed by atoms with Crippen LogP contribution in [0.4, 0.5) is 0 Å². The molecule has 0 heterocycles. The molecule has 0 spiro atoms. The number of phosphoric acid groups is 1. The fourth-order valence-electron chi connectivity index (χ4n) is 9.51. The highest BCUT2D eigenvalue weighted by atomic mass is 31.2. The number of aliphatic hydroxyl groups excluding tert-OH is 1. The van der Waals surface area contributed by atoms with Crippen LogP contribution in [0.3, 0.4) is 0 Å². The molecule has 1 amide bonds. The summed E-state index contributed by atoms with van der Waals surface area (Å²) in [4.78, 5) is 23.3. The maximum absolute atomic E-state index is 13.0. The summed E-state index contributed by atoms with van der Waals surface area (Å²) < 4.78 is 23.7.